The molecule has 2 amide bonds. The zero-order chi connectivity index (χ0) is 32.7. The average Bonchev–Trinajstić information content (AvgIpc) is 3.46. The number of hydrogen-bond donors (Lipinski definition) is 1. The van der Waals surface area contributed by atoms with Crippen molar-refractivity contribution in [1.82, 2.24) is 24.4 Å². The van der Waals surface area contributed by atoms with Gasteiger partial charge in [-0.15, -0.1) is 0 Å². The molecule has 11 nitrogen and oxygen atoms in total. The molecular formula is C33H34F2N6O5. The van der Waals surface area contributed by atoms with Gasteiger partial charge in [-0.1, -0.05) is 12.1 Å². The molecule has 46 heavy (non-hydrogen) atoms. The first kappa shape index (κ1) is 30.0. The number of rotatable bonds is 5. The summed E-state index contributed by atoms with van der Waals surface area (Å²) in [6, 6.07) is 9.69. The number of halogens is 2. The third kappa shape index (κ3) is 5.02. The maximum atomic E-state index is 14.2. The summed E-state index contributed by atoms with van der Waals surface area (Å²) < 4.78 is 39.8. The van der Waals surface area contributed by atoms with E-state index in [9.17, 15) is 23.5 Å². The van der Waals surface area contributed by atoms with Gasteiger partial charge < -0.3 is 28.9 Å². The first-order valence-electron chi connectivity index (χ1n) is 15.2. The molecule has 13 heteroatoms. The van der Waals surface area contributed by atoms with Crippen LogP contribution in [0.3, 0.4) is 0 Å². The number of anilines is 1. The van der Waals surface area contributed by atoms with E-state index < -0.39 is 41.9 Å². The molecule has 2 aromatic carbocycles. The third-order valence-electron chi connectivity index (χ3n) is 8.59. The van der Waals surface area contributed by atoms with Crippen molar-refractivity contribution in [3.05, 3.63) is 66.0 Å². The molecule has 0 spiro atoms. The highest BCUT2D eigenvalue weighted by Gasteiger charge is 2.51. The molecule has 2 bridgehead atoms. The molecular weight excluding hydrogens is 598 g/mol. The van der Waals surface area contributed by atoms with Gasteiger partial charge in [0.15, 0.2) is 5.82 Å². The standard InChI is InChI=1S/C33H34F2N6O5/c1-32(2,3)46-31(43)39-15-19(16-39)28(42)41-21-7-6-8-25(45-30(34)35)26(21)23-12-24(41)27-38-20-10-9-17(11-22(20)40(23)27)18-13-36-29(37-14-18)33(4,5)44/h6-11,13-14,19,23-24,30,44H,12,15-16H2,1-5H3/t23-,24-/m1/s1. The second-order valence-electron chi connectivity index (χ2n) is 13.5. The van der Waals surface area contributed by atoms with Gasteiger partial charge in [-0.05, 0) is 64.4 Å². The number of ether oxygens (including phenoxy) is 2. The number of aromatic nitrogens is 4. The summed E-state index contributed by atoms with van der Waals surface area (Å²) in [7, 11) is 0. The summed E-state index contributed by atoms with van der Waals surface area (Å²) in [5.74, 6) is 0.225. The first-order chi connectivity index (χ1) is 21.7. The molecule has 2 aromatic heterocycles. The van der Waals surface area contributed by atoms with Crippen molar-refractivity contribution in [1.29, 1.82) is 0 Å². The quantitative estimate of drug-likeness (QED) is 0.303. The van der Waals surface area contributed by atoms with Crippen LogP contribution in [0.1, 0.15) is 70.3 Å². The van der Waals surface area contributed by atoms with Gasteiger partial charge in [-0.2, -0.15) is 8.78 Å². The number of nitrogens with zero attached hydrogens (tertiary/aromatic N) is 6. The van der Waals surface area contributed by atoms with E-state index in [4.69, 9.17) is 14.5 Å². The SMILES string of the molecule is CC(C)(C)OC(=O)N1CC(C(=O)N2c3cccc(OC(F)F)c3[C@H]3C[C@@H]2c2nc4ccc(-c5cnc(C(C)(C)O)nc5)cc4n23)C1. The lowest BCUT2D eigenvalue weighted by Gasteiger charge is -2.43. The number of benzene rings is 2. The molecule has 5 heterocycles. The summed E-state index contributed by atoms with van der Waals surface area (Å²) in [5.41, 5.74) is 2.11. The van der Waals surface area contributed by atoms with Crippen LogP contribution in [-0.2, 0) is 15.1 Å². The number of hydrogen-bond acceptors (Lipinski definition) is 8. The largest absolute Gasteiger partial charge is 0.444 e. The Morgan fingerprint density at radius 3 is 2.37 bits per heavy atom. The zero-order valence-electron chi connectivity index (χ0n) is 26.1. The predicted octanol–water partition coefficient (Wildman–Crippen LogP) is 5.57. The van der Waals surface area contributed by atoms with Crippen LogP contribution < -0.4 is 9.64 Å². The Morgan fingerprint density at radius 1 is 1.00 bits per heavy atom. The third-order valence-corrected chi connectivity index (χ3v) is 8.59. The van der Waals surface area contributed by atoms with Gasteiger partial charge in [0.25, 0.3) is 0 Å². The normalized spacial score (nSPS) is 19.2. The molecule has 4 aromatic rings. The number of fused-ring (bicyclic) bond motifs is 3. The Balaban J connectivity index is 1.28. The Bertz CT molecular complexity index is 1860. The molecule has 240 valence electrons. The molecule has 1 saturated heterocycles. The highest BCUT2D eigenvalue weighted by atomic mass is 19.3. The van der Waals surface area contributed by atoms with Gasteiger partial charge in [0, 0.05) is 43.0 Å². The zero-order valence-corrected chi connectivity index (χ0v) is 26.1. The second-order valence-corrected chi connectivity index (χ2v) is 13.5. The number of carbonyl (C=O) groups excluding carboxylic acids is 2. The highest BCUT2D eigenvalue weighted by molar-refractivity contribution is 5.99. The maximum Gasteiger partial charge on any atom is 0.410 e. The van der Waals surface area contributed by atoms with E-state index in [1.807, 2.05) is 22.8 Å². The average molecular weight is 633 g/mol. The molecule has 1 fully saturated rings. The number of amides is 2. The van der Waals surface area contributed by atoms with Crippen LogP contribution in [0.5, 0.6) is 5.75 Å². The summed E-state index contributed by atoms with van der Waals surface area (Å²) in [6.45, 7) is 5.90. The van der Waals surface area contributed by atoms with Crippen LogP contribution in [0, 0.1) is 5.92 Å². The topological polar surface area (TPSA) is 123 Å². The predicted molar refractivity (Wildman–Crippen MR) is 163 cm³/mol. The van der Waals surface area contributed by atoms with Crippen LogP contribution in [0.25, 0.3) is 22.2 Å². The Hall–Kier alpha value is -4.65. The smallest absolute Gasteiger partial charge is 0.410 e. The molecule has 0 saturated carbocycles. The molecule has 0 radical (unpaired) electrons. The minimum absolute atomic E-state index is 0.000738. The fourth-order valence-electron chi connectivity index (χ4n) is 6.56. The first-order valence-corrected chi connectivity index (χ1v) is 15.2. The van der Waals surface area contributed by atoms with E-state index in [1.54, 1.807) is 64.0 Å². The van der Waals surface area contributed by atoms with Crippen LogP contribution in [0.4, 0.5) is 19.3 Å². The molecule has 2 atom stereocenters. The van der Waals surface area contributed by atoms with Crippen molar-refractivity contribution < 1.29 is 33.0 Å². The van der Waals surface area contributed by atoms with Crippen molar-refractivity contribution in [2.75, 3.05) is 18.0 Å². The van der Waals surface area contributed by atoms with Crippen molar-refractivity contribution in [3.8, 4) is 16.9 Å². The number of aliphatic hydroxyl groups is 1. The van der Waals surface area contributed by atoms with Crippen LogP contribution in [0.2, 0.25) is 0 Å². The summed E-state index contributed by atoms with van der Waals surface area (Å²) in [5, 5.41) is 10.3. The summed E-state index contributed by atoms with van der Waals surface area (Å²) in [4.78, 5) is 43.5. The van der Waals surface area contributed by atoms with Gasteiger partial charge in [0.05, 0.1) is 34.7 Å². The van der Waals surface area contributed by atoms with E-state index in [2.05, 4.69) is 9.97 Å². The Labute approximate surface area is 263 Å². The monoisotopic (exact) mass is 632 g/mol. The molecule has 1 N–H and O–H groups in total. The lowest BCUT2D eigenvalue weighted by Crippen LogP contribution is -2.58. The minimum Gasteiger partial charge on any atom is -0.444 e. The summed E-state index contributed by atoms with van der Waals surface area (Å²) >= 11 is 0. The maximum absolute atomic E-state index is 14.2. The second kappa shape index (κ2) is 10.4. The van der Waals surface area contributed by atoms with Crippen molar-refractivity contribution >= 4 is 28.7 Å². The lowest BCUT2D eigenvalue weighted by molar-refractivity contribution is -0.127. The number of carbonyl (C=O) groups is 2. The Kier molecular flexibility index (Phi) is 6.82. The number of imidazole rings is 1. The molecule has 7 rings (SSSR count). The summed E-state index contributed by atoms with van der Waals surface area (Å²) in [6.07, 6.45) is 3.23. The number of alkyl halides is 2. The van der Waals surface area contributed by atoms with Crippen molar-refractivity contribution in [3.63, 3.8) is 0 Å². The fraction of sp³-hybridized carbons (Fsp3) is 0.424. The fourth-order valence-corrected chi connectivity index (χ4v) is 6.56. The van der Waals surface area contributed by atoms with E-state index in [0.717, 1.165) is 16.6 Å². The highest BCUT2D eigenvalue weighted by Crippen LogP contribution is 2.55. The van der Waals surface area contributed by atoms with Crippen molar-refractivity contribution in [2.24, 2.45) is 5.92 Å². The van der Waals surface area contributed by atoms with E-state index in [0.29, 0.717) is 34.8 Å². The molecule has 0 unspecified atom stereocenters. The van der Waals surface area contributed by atoms with Crippen molar-refractivity contribution in [2.45, 2.75) is 70.9 Å². The Morgan fingerprint density at radius 2 is 1.72 bits per heavy atom. The van der Waals surface area contributed by atoms with Gasteiger partial charge in [0.1, 0.15) is 22.8 Å². The van der Waals surface area contributed by atoms with E-state index >= 15 is 0 Å². The van der Waals surface area contributed by atoms with Crippen LogP contribution in [0.15, 0.2) is 48.8 Å². The van der Waals surface area contributed by atoms with Gasteiger partial charge in [-0.25, -0.2) is 19.7 Å². The van der Waals surface area contributed by atoms with Gasteiger partial charge in [0.2, 0.25) is 5.91 Å². The lowest BCUT2D eigenvalue weighted by atomic mass is 9.90. The van der Waals surface area contributed by atoms with E-state index in [1.165, 1.54) is 11.0 Å². The minimum atomic E-state index is -3.05. The molecule has 3 aliphatic rings. The number of likely N-dealkylation sites (tertiary alicyclic amines) is 1. The molecule has 3 aliphatic heterocycles. The molecule has 0 aliphatic carbocycles. The van der Waals surface area contributed by atoms with Crippen LogP contribution in [-0.4, -0.2) is 66.8 Å². The van der Waals surface area contributed by atoms with E-state index in [-0.39, 0.29) is 24.7 Å². The van der Waals surface area contributed by atoms with Gasteiger partial charge in [-0.3, -0.25) is 4.79 Å². The van der Waals surface area contributed by atoms with Gasteiger partial charge >= 0.3 is 12.7 Å². The van der Waals surface area contributed by atoms with Crippen LogP contribution >= 0.6 is 0 Å².